The van der Waals surface area contributed by atoms with Gasteiger partial charge in [0.15, 0.2) is 0 Å². The van der Waals surface area contributed by atoms with Crippen molar-refractivity contribution in [2.45, 2.75) is 19.5 Å². The molecular formula is C14H12F2N4. The molecule has 0 amide bonds. The molecule has 0 atom stereocenters. The van der Waals surface area contributed by atoms with Crippen LogP contribution in [-0.2, 0) is 19.5 Å². The van der Waals surface area contributed by atoms with E-state index in [2.05, 4.69) is 16.5 Å². The van der Waals surface area contributed by atoms with Gasteiger partial charge in [-0.3, -0.25) is 4.68 Å². The van der Waals surface area contributed by atoms with Crippen molar-refractivity contribution in [2.24, 2.45) is 0 Å². The zero-order valence-corrected chi connectivity index (χ0v) is 10.7. The van der Waals surface area contributed by atoms with E-state index in [0.717, 1.165) is 30.3 Å². The third-order valence-corrected chi connectivity index (χ3v) is 3.36. The normalized spacial score (nSPS) is 13.8. The van der Waals surface area contributed by atoms with E-state index in [4.69, 9.17) is 5.26 Å². The highest BCUT2D eigenvalue weighted by atomic mass is 19.1. The lowest BCUT2D eigenvalue weighted by Crippen LogP contribution is -2.24. The van der Waals surface area contributed by atoms with Crippen molar-refractivity contribution >= 4 is 0 Å². The molecule has 102 valence electrons. The molecule has 0 fully saturated rings. The number of hydrogen-bond acceptors (Lipinski definition) is 3. The molecule has 1 N–H and O–H groups in total. The van der Waals surface area contributed by atoms with Gasteiger partial charge in [0.25, 0.3) is 0 Å². The highest BCUT2D eigenvalue weighted by molar-refractivity contribution is 5.64. The minimum absolute atomic E-state index is 0.139. The summed E-state index contributed by atoms with van der Waals surface area (Å²) >= 11 is 0. The number of nitrogens with one attached hydrogen (secondary N) is 1. The number of nitriles is 1. The van der Waals surface area contributed by atoms with E-state index in [-0.39, 0.29) is 6.54 Å². The number of halogens is 2. The zero-order chi connectivity index (χ0) is 14.1. The minimum Gasteiger partial charge on any atom is -0.312 e. The second-order valence-electron chi connectivity index (χ2n) is 4.67. The van der Waals surface area contributed by atoms with Crippen LogP contribution in [0.4, 0.5) is 8.78 Å². The van der Waals surface area contributed by atoms with Gasteiger partial charge in [-0.15, -0.1) is 0 Å². The van der Waals surface area contributed by atoms with Gasteiger partial charge in [0.1, 0.15) is 18.2 Å². The molecule has 0 radical (unpaired) electrons. The standard InChI is InChI=1S/C14H12F2N4/c15-10-5-9(6-11(16)7-10)14-12-8-18-3-1-13(12)20(19-14)4-2-17/h5-7,18H,1,3-4,8H2. The number of hydrogen-bond donors (Lipinski definition) is 1. The Bertz CT molecular complexity index is 680. The summed E-state index contributed by atoms with van der Waals surface area (Å²) in [6.07, 6.45) is 0.752. The Morgan fingerprint density at radius 1 is 1.30 bits per heavy atom. The lowest BCUT2D eigenvalue weighted by Gasteiger charge is -2.14. The van der Waals surface area contributed by atoms with Crippen LogP contribution in [0.2, 0.25) is 0 Å². The van der Waals surface area contributed by atoms with E-state index in [1.807, 2.05) is 0 Å². The first-order chi connectivity index (χ1) is 9.69. The van der Waals surface area contributed by atoms with Gasteiger partial charge >= 0.3 is 0 Å². The fourth-order valence-electron chi connectivity index (χ4n) is 2.54. The Kier molecular flexibility index (Phi) is 3.20. The van der Waals surface area contributed by atoms with Gasteiger partial charge in [-0.2, -0.15) is 10.4 Å². The average molecular weight is 274 g/mol. The topological polar surface area (TPSA) is 53.6 Å². The molecule has 1 aromatic carbocycles. The average Bonchev–Trinajstić information content (AvgIpc) is 2.78. The van der Waals surface area contributed by atoms with Gasteiger partial charge in [-0.05, 0) is 12.1 Å². The summed E-state index contributed by atoms with van der Waals surface area (Å²) in [5, 5.41) is 16.4. The van der Waals surface area contributed by atoms with E-state index in [9.17, 15) is 8.78 Å². The molecule has 1 aliphatic rings. The Balaban J connectivity index is 2.16. The molecule has 6 heteroatoms. The molecule has 1 aromatic heterocycles. The zero-order valence-electron chi connectivity index (χ0n) is 10.7. The largest absolute Gasteiger partial charge is 0.312 e. The smallest absolute Gasteiger partial charge is 0.128 e. The third kappa shape index (κ3) is 2.17. The molecule has 0 unspecified atom stereocenters. The van der Waals surface area contributed by atoms with Crippen molar-refractivity contribution in [3.8, 4) is 17.3 Å². The van der Waals surface area contributed by atoms with Gasteiger partial charge in [-0.1, -0.05) is 0 Å². The Morgan fingerprint density at radius 2 is 2.05 bits per heavy atom. The summed E-state index contributed by atoms with van der Waals surface area (Å²) in [4.78, 5) is 0. The van der Waals surface area contributed by atoms with Crippen molar-refractivity contribution in [1.29, 1.82) is 5.26 Å². The summed E-state index contributed by atoms with van der Waals surface area (Å²) in [6.45, 7) is 1.54. The van der Waals surface area contributed by atoms with Crippen molar-refractivity contribution in [3.05, 3.63) is 41.1 Å². The SMILES string of the molecule is N#CCn1nc(-c2cc(F)cc(F)c2)c2c1CCNC2. The molecule has 4 nitrogen and oxygen atoms in total. The molecule has 0 aliphatic carbocycles. The molecule has 0 saturated heterocycles. The van der Waals surface area contributed by atoms with Gasteiger partial charge < -0.3 is 5.32 Å². The van der Waals surface area contributed by atoms with Crippen molar-refractivity contribution in [2.75, 3.05) is 6.54 Å². The first-order valence-corrected chi connectivity index (χ1v) is 6.31. The second kappa shape index (κ2) is 5.02. The fourth-order valence-corrected chi connectivity index (χ4v) is 2.54. The van der Waals surface area contributed by atoms with Crippen LogP contribution in [0.1, 0.15) is 11.3 Å². The molecular weight excluding hydrogens is 262 g/mol. The van der Waals surface area contributed by atoms with Crippen LogP contribution in [0.15, 0.2) is 18.2 Å². The van der Waals surface area contributed by atoms with Gasteiger partial charge in [0.2, 0.25) is 0 Å². The van der Waals surface area contributed by atoms with Crippen LogP contribution in [0.3, 0.4) is 0 Å². The van der Waals surface area contributed by atoms with Crippen LogP contribution >= 0.6 is 0 Å². The molecule has 0 bridgehead atoms. The Labute approximate surface area is 114 Å². The summed E-state index contributed by atoms with van der Waals surface area (Å²) < 4.78 is 28.3. The highest BCUT2D eigenvalue weighted by Crippen LogP contribution is 2.28. The first kappa shape index (κ1) is 12.8. The number of nitrogens with zero attached hydrogens (tertiary/aromatic N) is 3. The summed E-state index contributed by atoms with van der Waals surface area (Å²) in [5.41, 5.74) is 2.82. The highest BCUT2D eigenvalue weighted by Gasteiger charge is 2.22. The second-order valence-corrected chi connectivity index (χ2v) is 4.67. The monoisotopic (exact) mass is 274 g/mol. The summed E-state index contributed by atoms with van der Waals surface area (Å²) in [7, 11) is 0. The van der Waals surface area contributed by atoms with Crippen LogP contribution in [0.5, 0.6) is 0 Å². The quantitative estimate of drug-likeness (QED) is 0.911. The predicted octanol–water partition coefficient (Wildman–Crippen LogP) is 2.00. The fraction of sp³-hybridized carbons (Fsp3) is 0.286. The van der Waals surface area contributed by atoms with E-state index in [1.165, 1.54) is 12.1 Å². The third-order valence-electron chi connectivity index (χ3n) is 3.36. The molecule has 2 heterocycles. The summed E-state index contributed by atoms with van der Waals surface area (Å²) in [5.74, 6) is -1.26. The van der Waals surface area contributed by atoms with E-state index < -0.39 is 11.6 Å². The molecule has 0 spiro atoms. The first-order valence-electron chi connectivity index (χ1n) is 6.31. The lowest BCUT2D eigenvalue weighted by molar-refractivity contribution is 0.584. The van der Waals surface area contributed by atoms with Crippen molar-refractivity contribution in [3.63, 3.8) is 0 Å². The van der Waals surface area contributed by atoms with E-state index in [1.54, 1.807) is 4.68 Å². The maximum Gasteiger partial charge on any atom is 0.128 e. The summed E-state index contributed by atoms with van der Waals surface area (Å²) in [6, 6.07) is 5.41. The Hall–Kier alpha value is -2.26. The number of aromatic nitrogens is 2. The van der Waals surface area contributed by atoms with Crippen LogP contribution < -0.4 is 5.32 Å². The van der Waals surface area contributed by atoms with Gasteiger partial charge in [0, 0.05) is 42.4 Å². The number of benzene rings is 1. The molecule has 20 heavy (non-hydrogen) atoms. The van der Waals surface area contributed by atoms with Gasteiger partial charge in [-0.25, -0.2) is 8.78 Å². The van der Waals surface area contributed by atoms with Crippen molar-refractivity contribution in [1.82, 2.24) is 15.1 Å². The maximum absolute atomic E-state index is 13.4. The molecule has 2 aromatic rings. The van der Waals surface area contributed by atoms with Crippen LogP contribution in [-0.4, -0.2) is 16.3 Å². The van der Waals surface area contributed by atoms with Gasteiger partial charge in [0.05, 0.1) is 11.8 Å². The Morgan fingerprint density at radius 3 is 2.75 bits per heavy atom. The molecule has 0 saturated carbocycles. The van der Waals surface area contributed by atoms with E-state index in [0.29, 0.717) is 17.8 Å². The number of rotatable bonds is 2. The van der Waals surface area contributed by atoms with Crippen LogP contribution in [0.25, 0.3) is 11.3 Å². The lowest BCUT2D eigenvalue weighted by atomic mass is 10.0. The molecule has 1 aliphatic heterocycles. The molecule has 3 rings (SSSR count). The van der Waals surface area contributed by atoms with E-state index >= 15 is 0 Å². The minimum atomic E-state index is -0.632. The van der Waals surface area contributed by atoms with Crippen molar-refractivity contribution < 1.29 is 8.78 Å². The number of fused-ring (bicyclic) bond motifs is 1. The maximum atomic E-state index is 13.4. The predicted molar refractivity (Wildman–Crippen MR) is 68.6 cm³/mol. The van der Waals surface area contributed by atoms with Crippen LogP contribution in [0, 0.1) is 23.0 Å².